The molecule has 0 aromatic heterocycles. The molecule has 1 fully saturated rings. The SMILES string of the molecule is CCC(=O)CCCCCCCCCCCCCCC1CCCCCC1. The van der Waals surface area contributed by atoms with E-state index in [0.717, 1.165) is 25.2 Å². The van der Waals surface area contributed by atoms with Crippen molar-refractivity contribution >= 4 is 5.78 Å². The molecule has 1 heteroatoms. The van der Waals surface area contributed by atoms with Crippen LogP contribution in [0.3, 0.4) is 0 Å². The minimum Gasteiger partial charge on any atom is -0.300 e. The molecule has 0 aromatic rings. The first-order valence-corrected chi connectivity index (χ1v) is 11.8. The van der Waals surface area contributed by atoms with Gasteiger partial charge in [0.25, 0.3) is 0 Å². The molecule has 1 saturated carbocycles. The monoisotopic (exact) mass is 350 g/mol. The van der Waals surface area contributed by atoms with Crippen molar-refractivity contribution < 1.29 is 4.79 Å². The van der Waals surface area contributed by atoms with Gasteiger partial charge in [-0.25, -0.2) is 0 Å². The Kier molecular flexibility index (Phi) is 15.5. The molecule has 25 heavy (non-hydrogen) atoms. The van der Waals surface area contributed by atoms with Crippen molar-refractivity contribution in [3.63, 3.8) is 0 Å². The largest absolute Gasteiger partial charge is 0.300 e. The quantitative estimate of drug-likeness (QED) is 0.202. The average Bonchev–Trinajstić information content (AvgIpc) is 2.90. The fraction of sp³-hybridized carbons (Fsp3) is 0.958. The number of ketones is 1. The fourth-order valence-corrected chi connectivity index (χ4v) is 4.35. The van der Waals surface area contributed by atoms with Gasteiger partial charge in [-0.05, 0) is 12.3 Å². The molecule has 0 atom stereocenters. The Morgan fingerprint density at radius 2 is 1.08 bits per heavy atom. The van der Waals surface area contributed by atoms with Gasteiger partial charge in [-0.2, -0.15) is 0 Å². The minimum atomic E-state index is 0.439. The van der Waals surface area contributed by atoms with Crippen LogP contribution in [0.25, 0.3) is 0 Å². The highest BCUT2D eigenvalue weighted by Gasteiger charge is 2.11. The van der Waals surface area contributed by atoms with Gasteiger partial charge in [0, 0.05) is 12.8 Å². The summed E-state index contributed by atoms with van der Waals surface area (Å²) in [7, 11) is 0. The van der Waals surface area contributed by atoms with Crippen molar-refractivity contribution in [3.05, 3.63) is 0 Å². The summed E-state index contributed by atoms with van der Waals surface area (Å²) >= 11 is 0. The highest BCUT2D eigenvalue weighted by molar-refractivity contribution is 5.77. The molecule has 0 heterocycles. The van der Waals surface area contributed by atoms with E-state index in [-0.39, 0.29) is 0 Å². The predicted octanol–water partition coefficient (Wildman–Crippen LogP) is 8.40. The second kappa shape index (κ2) is 17.1. The molecule has 148 valence electrons. The van der Waals surface area contributed by atoms with E-state index in [1.807, 2.05) is 6.92 Å². The van der Waals surface area contributed by atoms with Gasteiger partial charge in [0.2, 0.25) is 0 Å². The van der Waals surface area contributed by atoms with Gasteiger partial charge in [-0.15, -0.1) is 0 Å². The van der Waals surface area contributed by atoms with Crippen molar-refractivity contribution in [2.24, 2.45) is 5.92 Å². The highest BCUT2D eigenvalue weighted by Crippen LogP contribution is 2.27. The molecule has 0 aliphatic heterocycles. The summed E-state index contributed by atoms with van der Waals surface area (Å²) in [6.07, 6.45) is 28.8. The van der Waals surface area contributed by atoms with Crippen LogP contribution in [0.15, 0.2) is 0 Å². The molecule has 0 N–H and O–H groups in total. The van der Waals surface area contributed by atoms with Gasteiger partial charge in [0.15, 0.2) is 0 Å². The first-order valence-electron chi connectivity index (χ1n) is 11.8. The zero-order valence-electron chi connectivity index (χ0n) is 17.3. The van der Waals surface area contributed by atoms with Gasteiger partial charge in [0.1, 0.15) is 5.78 Å². The smallest absolute Gasteiger partial charge is 0.132 e. The highest BCUT2D eigenvalue weighted by atomic mass is 16.1. The third-order valence-electron chi connectivity index (χ3n) is 6.19. The first-order chi connectivity index (χ1) is 12.3. The second-order valence-corrected chi connectivity index (χ2v) is 8.53. The molecule has 1 rings (SSSR count). The third kappa shape index (κ3) is 14.5. The normalized spacial score (nSPS) is 16.0. The zero-order chi connectivity index (χ0) is 18.0. The minimum absolute atomic E-state index is 0.439. The lowest BCUT2D eigenvalue weighted by atomic mass is 9.93. The van der Waals surface area contributed by atoms with Crippen molar-refractivity contribution in [2.75, 3.05) is 0 Å². The van der Waals surface area contributed by atoms with Crippen LogP contribution in [0.1, 0.15) is 142 Å². The lowest BCUT2D eigenvalue weighted by molar-refractivity contribution is -0.118. The third-order valence-corrected chi connectivity index (χ3v) is 6.19. The van der Waals surface area contributed by atoms with Crippen LogP contribution in [-0.2, 0) is 4.79 Å². The van der Waals surface area contributed by atoms with Crippen LogP contribution in [0.5, 0.6) is 0 Å². The standard InChI is InChI=1S/C24H46O/c1-2-24(25)22-18-12-10-8-6-4-3-5-7-9-11-15-19-23-20-16-13-14-17-21-23/h23H,2-22H2,1H3. The van der Waals surface area contributed by atoms with E-state index in [1.165, 1.54) is 116 Å². The molecular formula is C24H46O. The molecule has 1 aliphatic rings. The van der Waals surface area contributed by atoms with Crippen LogP contribution in [-0.4, -0.2) is 5.78 Å². The van der Waals surface area contributed by atoms with E-state index in [2.05, 4.69) is 0 Å². The van der Waals surface area contributed by atoms with Crippen LogP contribution in [0.2, 0.25) is 0 Å². The van der Waals surface area contributed by atoms with E-state index in [4.69, 9.17) is 0 Å². The fourth-order valence-electron chi connectivity index (χ4n) is 4.35. The van der Waals surface area contributed by atoms with Crippen LogP contribution in [0, 0.1) is 5.92 Å². The number of unbranched alkanes of at least 4 members (excludes halogenated alkanes) is 11. The number of hydrogen-bond donors (Lipinski definition) is 0. The van der Waals surface area contributed by atoms with Crippen molar-refractivity contribution in [1.82, 2.24) is 0 Å². The maximum atomic E-state index is 11.2. The maximum absolute atomic E-state index is 11.2. The molecule has 0 aromatic carbocycles. The topological polar surface area (TPSA) is 17.1 Å². The van der Waals surface area contributed by atoms with Crippen LogP contribution >= 0.6 is 0 Å². The zero-order valence-corrected chi connectivity index (χ0v) is 17.3. The molecule has 1 nitrogen and oxygen atoms in total. The lowest BCUT2D eigenvalue weighted by Gasteiger charge is -2.13. The average molecular weight is 351 g/mol. The van der Waals surface area contributed by atoms with Gasteiger partial charge >= 0.3 is 0 Å². The van der Waals surface area contributed by atoms with Gasteiger partial charge < -0.3 is 0 Å². The van der Waals surface area contributed by atoms with Crippen molar-refractivity contribution in [2.45, 2.75) is 142 Å². The molecule has 1 aliphatic carbocycles. The molecule has 0 spiro atoms. The van der Waals surface area contributed by atoms with Gasteiger partial charge in [-0.3, -0.25) is 4.79 Å². The summed E-state index contributed by atoms with van der Waals surface area (Å²) in [5, 5.41) is 0. The predicted molar refractivity (Wildman–Crippen MR) is 111 cm³/mol. The Morgan fingerprint density at radius 3 is 1.56 bits per heavy atom. The molecule has 0 saturated heterocycles. The summed E-state index contributed by atoms with van der Waals surface area (Å²) < 4.78 is 0. The second-order valence-electron chi connectivity index (χ2n) is 8.53. The summed E-state index contributed by atoms with van der Waals surface area (Å²) in [5.74, 6) is 1.51. The summed E-state index contributed by atoms with van der Waals surface area (Å²) in [6, 6.07) is 0. The van der Waals surface area contributed by atoms with E-state index in [9.17, 15) is 4.79 Å². The lowest BCUT2D eigenvalue weighted by Crippen LogP contribution is -1.98. The molecule has 0 unspecified atom stereocenters. The Balaban J connectivity index is 1.72. The van der Waals surface area contributed by atoms with Crippen LogP contribution in [0.4, 0.5) is 0 Å². The Morgan fingerprint density at radius 1 is 0.640 bits per heavy atom. The molecule has 0 bridgehead atoms. The number of carbonyl (C=O) groups is 1. The summed E-state index contributed by atoms with van der Waals surface area (Å²) in [4.78, 5) is 11.2. The number of Topliss-reactive ketones (excluding diaryl/α,β-unsaturated/α-hetero) is 1. The summed E-state index contributed by atoms with van der Waals surface area (Å²) in [6.45, 7) is 1.97. The van der Waals surface area contributed by atoms with Crippen molar-refractivity contribution in [1.29, 1.82) is 0 Å². The van der Waals surface area contributed by atoms with Gasteiger partial charge in [-0.1, -0.05) is 122 Å². The van der Waals surface area contributed by atoms with E-state index < -0.39 is 0 Å². The maximum Gasteiger partial charge on any atom is 0.132 e. The Labute approximate surface area is 158 Å². The molecular weight excluding hydrogens is 304 g/mol. The van der Waals surface area contributed by atoms with Gasteiger partial charge in [0.05, 0.1) is 0 Å². The number of carbonyl (C=O) groups excluding carboxylic acids is 1. The van der Waals surface area contributed by atoms with E-state index in [0.29, 0.717) is 5.78 Å². The van der Waals surface area contributed by atoms with Crippen LogP contribution < -0.4 is 0 Å². The number of rotatable bonds is 16. The summed E-state index contributed by atoms with van der Waals surface area (Å²) in [5.41, 5.74) is 0. The number of hydrogen-bond acceptors (Lipinski definition) is 1. The van der Waals surface area contributed by atoms with E-state index in [1.54, 1.807) is 0 Å². The Hall–Kier alpha value is -0.330. The van der Waals surface area contributed by atoms with E-state index >= 15 is 0 Å². The Bertz CT molecular complexity index is 288. The van der Waals surface area contributed by atoms with Crippen molar-refractivity contribution in [3.8, 4) is 0 Å². The molecule has 0 radical (unpaired) electrons. The molecule has 0 amide bonds. The first kappa shape index (κ1) is 22.7.